The minimum Gasteiger partial charge on any atom is -0.489 e. The van der Waals surface area contributed by atoms with Gasteiger partial charge >= 0.3 is 22.4 Å². The average molecular weight is 420 g/mol. The van der Waals surface area contributed by atoms with Gasteiger partial charge in [-0.25, -0.2) is 9.59 Å². The highest BCUT2D eigenvalue weighted by Gasteiger charge is 2.53. The molecule has 2 aliphatic heterocycles. The Bertz CT molecular complexity index is 1070. The number of urea groups is 1. The molecule has 0 unspecified atom stereocenters. The van der Waals surface area contributed by atoms with Crippen LogP contribution < -0.4 is 4.74 Å². The van der Waals surface area contributed by atoms with E-state index in [-0.39, 0.29) is 18.7 Å². The zero-order valence-corrected chi connectivity index (χ0v) is 15.7. The molecule has 2 N–H and O–H groups in total. The lowest BCUT2D eigenvalue weighted by atomic mass is 9.90. The van der Waals surface area contributed by atoms with Crippen molar-refractivity contribution in [1.82, 2.24) is 9.96 Å². The Labute approximate surface area is 165 Å². The number of benzene rings is 2. The van der Waals surface area contributed by atoms with E-state index in [0.29, 0.717) is 16.4 Å². The summed E-state index contributed by atoms with van der Waals surface area (Å²) in [5, 5.41) is 10.1. The van der Waals surface area contributed by atoms with Crippen LogP contribution in [0, 0.1) is 0 Å². The quantitative estimate of drug-likeness (QED) is 0.677. The van der Waals surface area contributed by atoms with Gasteiger partial charge in [0.1, 0.15) is 18.4 Å². The number of ether oxygens (including phenoxy) is 1. The van der Waals surface area contributed by atoms with Crippen molar-refractivity contribution in [1.29, 1.82) is 0 Å². The maximum absolute atomic E-state index is 12.6. The Balaban J connectivity index is 1.76. The second kappa shape index (κ2) is 7.03. The topological polar surface area (TPSA) is 134 Å². The highest BCUT2D eigenvalue weighted by molar-refractivity contribution is 7.80. The number of amides is 2. The van der Waals surface area contributed by atoms with Gasteiger partial charge in [-0.05, 0) is 17.2 Å². The predicted octanol–water partition coefficient (Wildman–Crippen LogP) is 1.92. The fraction of sp³-hybridized carbons (Fsp3) is 0.222. The monoisotopic (exact) mass is 420 g/mol. The molecule has 1 fully saturated rings. The third kappa shape index (κ3) is 3.50. The molecule has 2 amide bonds. The summed E-state index contributed by atoms with van der Waals surface area (Å²) in [6.45, 7) is 0.0442. The Morgan fingerprint density at radius 3 is 2.52 bits per heavy atom. The molecule has 0 spiro atoms. The molecular formula is C18H16N2O8S. The lowest BCUT2D eigenvalue weighted by Gasteiger charge is -2.31. The SMILES string of the molecule is O=C(O)[C@H]1c2cccc(OCc3ccccc3)c2[C@H]2CN1C(=O)N2OS(=O)(=O)O. The van der Waals surface area contributed by atoms with E-state index in [1.165, 1.54) is 6.07 Å². The Morgan fingerprint density at radius 1 is 1.14 bits per heavy atom. The van der Waals surface area contributed by atoms with Gasteiger partial charge in [-0.3, -0.25) is 4.55 Å². The van der Waals surface area contributed by atoms with Gasteiger partial charge in [0.15, 0.2) is 6.04 Å². The number of fused-ring (bicyclic) bond motifs is 4. The highest BCUT2D eigenvalue weighted by Crippen LogP contribution is 2.47. The fourth-order valence-electron chi connectivity index (χ4n) is 3.66. The molecule has 2 aliphatic rings. The van der Waals surface area contributed by atoms with Crippen LogP contribution in [-0.4, -0.2) is 46.6 Å². The standard InChI is InChI=1S/C18H16N2O8S/c21-17(22)16-12-7-4-8-14(27-10-11-5-2-1-3-6-11)15(12)13-9-19(16)18(23)20(13)28-29(24,25)26/h1-8,13,16H,9-10H2,(H,21,22)(H,24,25,26)/t13-,16-/m1/s1. The molecule has 10 nitrogen and oxygen atoms in total. The summed E-state index contributed by atoms with van der Waals surface area (Å²) in [5.41, 5.74) is 1.47. The van der Waals surface area contributed by atoms with Crippen LogP contribution in [0.3, 0.4) is 0 Å². The van der Waals surface area contributed by atoms with Crippen LogP contribution in [0.25, 0.3) is 0 Å². The van der Waals surface area contributed by atoms with E-state index in [4.69, 9.17) is 9.29 Å². The van der Waals surface area contributed by atoms with Crippen LogP contribution in [0.15, 0.2) is 48.5 Å². The van der Waals surface area contributed by atoms with Crippen LogP contribution in [0.2, 0.25) is 0 Å². The number of aliphatic carboxylic acids is 1. The third-order valence-electron chi connectivity index (χ3n) is 4.77. The summed E-state index contributed by atoms with van der Waals surface area (Å²) in [4.78, 5) is 25.4. The van der Waals surface area contributed by atoms with Gasteiger partial charge < -0.3 is 14.7 Å². The molecule has 4 rings (SSSR count). The van der Waals surface area contributed by atoms with Gasteiger partial charge in [-0.2, -0.15) is 13.5 Å². The maximum Gasteiger partial charge on any atom is 0.418 e. The normalized spacial score (nSPS) is 20.5. The lowest BCUT2D eigenvalue weighted by molar-refractivity contribution is -0.142. The molecule has 152 valence electrons. The average Bonchev–Trinajstić information content (AvgIpc) is 2.92. The number of carbonyl (C=O) groups is 2. The summed E-state index contributed by atoms with van der Waals surface area (Å²) in [6, 6.07) is 10.7. The fourth-order valence-corrected chi connectivity index (χ4v) is 4.03. The summed E-state index contributed by atoms with van der Waals surface area (Å²) < 4.78 is 41.8. The Kier molecular flexibility index (Phi) is 4.65. The van der Waals surface area contributed by atoms with Crippen LogP contribution in [0.5, 0.6) is 5.75 Å². The predicted molar refractivity (Wildman–Crippen MR) is 96.9 cm³/mol. The van der Waals surface area contributed by atoms with Crippen LogP contribution in [-0.2, 0) is 26.1 Å². The van der Waals surface area contributed by atoms with Crippen molar-refractivity contribution in [2.75, 3.05) is 6.54 Å². The first-order valence-corrected chi connectivity index (χ1v) is 9.92. The lowest BCUT2D eigenvalue weighted by Crippen LogP contribution is -2.38. The zero-order chi connectivity index (χ0) is 20.8. The second-order valence-electron chi connectivity index (χ2n) is 6.55. The van der Waals surface area contributed by atoms with E-state index in [9.17, 15) is 23.1 Å². The minimum atomic E-state index is -5.00. The zero-order valence-electron chi connectivity index (χ0n) is 14.8. The minimum absolute atomic E-state index is 0.135. The number of hydrogen-bond donors (Lipinski definition) is 2. The molecule has 2 bridgehead atoms. The molecule has 0 radical (unpaired) electrons. The van der Waals surface area contributed by atoms with E-state index in [1.54, 1.807) is 12.1 Å². The van der Waals surface area contributed by atoms with Gasteiger partial charge in [0.05, 0.1) is 6.54 Å². The Morgan fingerprint density at radius 2 is 1.86 bits per heavy atom. The molecule has 0 saturated carbocycles. The van der Waals surface area contributed by atoms with Crippen LogP contribution in [0.1, 0.15) is 28.8 Å². The van der Waals surface area contributed by atoms with Gasteiger partial charge in [-0.1, -0.05) is 42.5 Å². The number of rotatable bonds is 6. The van der Waals surface area contributed by atoms with Gasteiger partial charge in [0.25, 0.3) is 0 Å². The Hall–Kier alpha value is -3.15. The van der Waals surface area contributed by atoms with Crippen LogP contribution >= 0.6 is 0 Å². The molecule has 0 aromatic heterocycles. The number of carbonyl (C=O) groups excluding carboxylic acids is 1. The largest absolute Gasteiger partial charge is 0.489 e. The first-order valence-electron chi connectivity index (χ1n) is 8.55. The van der Waals surface area contributed by atoms with Crippen molar-refractivity contribution in [2.45, 2.75) is 18.7 Å². The number of carboxylic acid groups (broad SMARTS) is 1. The van der Waals surface area contributed by atoms with Crippen molar-refractivity contribution in [3.05, 3.63) is 65.2 Å². The van der Waals surface area contributed by atoms with Gasteiger partial charge in [0, 0.05) is 5.56 Å². The van der Waals surface area contributed by atoms with E-state index >= 15 is 0 Å². The van der Waals surface area contributed by atoms with E-state index in [0.717, 1.165) is 10.5 Å². The van der Waals surface area contributed by atoms with E-state index < -0.39 is 34.5 Å². The van der Waals surface area contributed by atoms with Crippen molar-refractivity contribution in [2.24, 2.45) is 0 Å². The first-order chi connectivity index (χ1) is 13.8. The van der Waals surface area contributed by atoms with Crippen molar-refractivity contribution < 1.29 is 36.7 Å². The molecule has 2 atom stereocenters. The van der Waals surface area contributed by atoms with Crippen molar-refractivity contribution in [3.8, 4) is 5.75 Å². The van der Waals surface area contributed by atoms with Gasteiger partial charge in [0.2, 0.25) is 0 Å². The van der Waals surface area contributed by atoms with Crippen molar-refractivity contribution >= 4 is 22.4 Å². The van der Waals surface area contributed by atoms with Crippen LogP contribution in [0.4, 0.5) is 4.79 Å². The number of carboxylic acids is 1. The van der Waals surface area contributed by atoms with E-state index in [1.807, 2.05) is 30.3 Å². The molecule has 2 aromatic carbocycles. The molecule has 1 saturated heterocycles. The first kappa shape index (κ1) is 19.2. The number of hydroxylamine groups is 2. The smallest absolute Gasteiger partial charge is 0.418 e. The summed E-state index contributed by atoms with van der Waals surface area (Å²) in [5.74, 6) is -0.993. The van der Waals surface area contributed by atoms with Gasteiger partial charge in [-0.15, -0.1) is 4.28 Å². The number of hydrogen-bond acceptors (Lipinski definition) is 6. The van der Waals surface area contributed by atoms with E-state index in [2.05, 4.69) is 4.28 Å². The number of nitrogens with zero attached hydrogens (tertiary/aromatic N) is 2. The molecule has 2 aromatic rings. The van der Waals surface area contributed by atoms with Crippen molar-refractivity contribution in [3.63, 3.8) is 0 Å². The summed E-state index contributed by atoms with van der Waals surface area (Å²) >= 11 is 0. The highest BCUT2D eigenvalue weighted by atomic mass is 32.3. The summed E-state index contributed by atoms with van der Waals surface area (Å²) in [6.07, 6.45) is 0. The molecule has 29 heavy (non-hydrogen) atoms. The molecule has 0 aliphatic carbocycles. The third-order valence-corrected chi connectivity index (χ3v) is 5.12. The molecule has 2 heterocycles. The second-order valence-corrected chi connectivity index (χ2v) is 7.56. The maximum atomic E-state index is 12.6. The molecule has 11 heteroatoms. The summed E-state index contributed by atoms with van der Waals surface area (Å²) in [7, 11) is -5.00. The molecular weight excluding hydrogens is 404 g/mol.